The van der Waals surface area contributed by atoms with E-state index < -0.39 is 0 Å². The Labute approximate surface area is 131 Å². The first-order valence-electron chi connectivity index (χ1n) is 7.65. The number of hydrogen-bond donors (Lipinski definition) is 1. The van der Waals surface area contributed by atoms with Crippen LogP contribution in [-0.4, -0.2) is 5.91 Å². The van der Waals surface area contributed by atoms with Crippen molar-refractivity contribution in [1.82, 2.24) is 0 Å². The zero-order chi connectivity index (χ0) is 16.1. The van der Waals surface area contributed by atoms with E-state index in [1.807, 2.05) is 37.3 Å². The van der Waals surface area contributed by atoms with Crippen molar-refractivity contribution >= 4 is 11.6 Å². The number of nitrogens with one attached hydrogen (secondary N) is 1. The van der Waals surface area contributed by atoms with Crippen LogP contribution >= 0.6 is 0 Å². The lowest BCUT2D eigenvalue weighted by Crippen LogP contribution is -2.26. The molecule has 1 amide bonds. The number of aryl methyl sites for hydroxylation is 1. The normalized spacial score (nSPS) is 13.5. The number of rotatable bonds is 5. The predicted molar refractivity (Wildman–Crippen MR) is 88.4 cm³/mol. The lowest BCUT2D eigenvalue weighted by atomic mass is 9.85. The van der Waals surface area contributed by atoms with Gasteiger partial charge >= 0.3 is 0 Å². The summed E-state index contributed by atoms with van der Waals surface area (Å²) in [5.74, 6) is -0.472. The van der Waals surface area contributed by atoms with E-state index in [0.29, 0.717) is 5.69 Å². The van der Waals surface area contributed by atoms with Crippen molar-refractivity contribution in [2.45, 2.75) is 33.1 Å². The molecule has 0 heterocycles. The molecule has 0 radical (unpaired) electrons. The second-order valence-electron chi connectivity index (χ2n) is 5.72. The molecule has 0 bridgehead atoms. The van der Waals surface area contributed by atoms with Crippen LogP contribution in [-0.2, 0) is 4.79 Å². The molecule has 22 heavy (non-hydrogen) atoms. The molecule has 1 N–H and O–H groups in total. The van der Waals surface area contributed by atoms with Gasteiger partial charge in [0.05, 0.1) is 5.92 Å². The summed E-state index contributed by atoms with van der Waals surface area (Å²) in [6, 6.07) is 14.2. The first kappa shape index (κ1) is 16.2. The molecule has 0 saturated carbocycles. The molecule has 0 fully saturated rings. The van der Waals surface area contributed by atoms with Crippen LogP contribution in [0.25, 0.3) is 0 Å². The highest BCUT2D eigenvalue weighted by molar-refractivity contribution is 5.96. The van der Waals surface area contributed by atoms with Crippen LogP contribution in [0.2, 0.25) is 0 Å². The molecule has 0 aliphatic carbocycles. The fourth-order valence-electron chi connectivity index (χ4n) is 2.57. The molecule has 0 spiro atoms. The van der Waals surface area contributed by atoms with Crippen molar-refractivity contribution in [3.05, 3.63) is 65.5 Å². The number of anilines is 1. The topological polar surface area (TPSA) is 29.1 Å². The van der Waals surface area contributed by atoms with Crippen molar-refractivity contribution in [3.8, 4) is 0 Å². The summed E-state index contributed by atoms with van der Waals surface area (Å²) >= 11 is 0. The number of carbonyl (C=O) groups excluding carboxylic acids is 1. The third-order valence-corrected chi connectivity index (χ3v) is 4.11. The van der Waals surface area contributed by atoms with Gasteiger partial charge in [-0.05, 0) is 36.1 Å². The molecule has 0 saturated heterocycles. The molecule has 2 atom stereocenters. The molecular formula is C19H22FNO. The van der Waals surface area contributed by atoms with Gasteiger partial charge in [-0.2, -0.15) is 0 Å². The van der Waals surface area contributed by atoms with Crippen LogP contribution in [0.4, 0.5) is 10.1 Å². The SMILES string of the molecule is CC[C@H](C)[C@@H](C(=O)Nc1cc(F)ccc1C)c1ccccc1. The number of benzene rings is 2. The molecule has 2 aromatic carbocycles. The van der Waals surface area contributed by atoms with Crippen LogP contribution in [0.15, 0.2) is 48.5 Å². The summed E-state index contributed by atoms with van der Waals surface area (Å²) in [6.07, 6.45) is 0.898. The Balaban J connectivity index is 2.28. The van der Waals surface area contributed by atoms with E-state index in [4.69, 9.17) is 0 Å². The predicted octanol–water partition coefficient (Wildman–Crippen LogP) is 4.90. The van der Waals surface area contributed by atoms with E-state index in [-0.39, 0.29) is 23.6 Å². The van der Waals surface area contributed by atoms with Gasteiger partial charge in [0.15, 0.2) is 0 Å². The summed E-state index contributed by atoms with van der Waals surface area (Å²) in [5, 5.41) is 2.89. The maximum atomic E-state index is 13.4. The lowest BCUT2D eigenvalue weighted by Gasteiger charge is -2.23. The van der Waals surface area contributed by atoms with Crippen LogP contribution < -0.4 is 5.32 Å². The maximum absolute atomic E-state index is 13.4. The molecule has 0 unspecified atom stereocenters. The third-order valence-electron chi connectivity index (χ3n) is 4.11. The average Bonchev–Trinajstić information content (AvgIpc) is 2.52. The van der Waals surface area contributed by atoms with Crippen molar-refractivity contribution in [3.63, 3.8) is 0 Å². The first-order valence-corrected chi connectivity index (χ1v) is 7.65. The molecule has 2 aromatic rings. The zero-order valence-corrected chi connectivity index (χ0v) is 13.3. The molecule has 116 valence electrons. The number of amides is 1. The minimum Gasteiger partial charge on any atom is -0.325 e. The highest BCUT2D eigenvalue weighted by Gasteiger charge is 2.26. The van der Waals surface area contributed by atoms with Gasteiger partial charge in [0, 0.05) is 5.69 Å². The molecule has 2 nitrogen and oxygen atoms in total. The Bertz CT molecular complexity index is 639. The van der Waals surface area contributed by atoms with Gasteiger partial charge in [-0.1, -0.05) is 56.7 Å². The molecule has 0 aliphatic heterocycles. The maximum Gasteiger partial charge on any atom is 0.232 e. The number of hydrogen-bond acceptors (Lipinski definition) is 1. The summed E-state index contributed by atoms with van der Waals surface area (Å²) in [7, 11) is 0. The van der Waals surface area contributed by atoms with E-state index in [9.17, 15) is 9.18 Å². The highest BCUT2D eigenvalue weighted by atomic mass is 19.1. The monoisotopic (exact) mass is 299 g/mol. The second kappa shape index (κ2) is 7.21. The van der Waals surface area contributed by atoms with E-state index in [2.05, 4.69) is 19.2 Å². The number of halogens is 1. The standard InChI is InChI=1S/C19H22FNO/c1-4-13(2)18(15-8-6-5-7-9-15)19(22)21-17-12-16(20)11-10-14(17)3/h5-13,18H,4H2,1-3H3,(H,21,22)/t13-,18+/m0/s1. The molecular weight excluding hydrogens is 277 g/mol. The van der Waals surface area contributed by atoms with Gasteiger partial charge in [-0.25, -0.2) is 4.39 Å². The largest absolute Gasteiger partial charge is 0.325 e. The van der Waals surface area contributed by atoms with Crippen molar-refractivity contribution in [2.75, 3.05) is 5.32 Å². The smallest absolute Gasteiger partial charge is 0.232 e. The van der Waals surface area contributed by atoms with Gasteiger partial charge in [0.25, 0.3) is 0 Å². The minimum atomic E-state index is -0.347. The van der Waals surface area contributed by atoms with Gasteiger partial charge in [-0.15, -0.1) is 0 Å². The van der Waals surface area contributed by atoms with E-state index >= 15 is 0 Å². The van der Waals surface area contributed by atoms with Crippen molar-refractivity contribution in [1.29, 1.82) is 0 Å². The van der Waals surface area contributed by atoms with Crippen LogP contribution in [0.5, 0.6) is 0 Å². The zero-order valence-electron chi connectivity index (χ0n) is 13.3. The summed E-state index contributed by atoms with van der Waals surface area (Å²) in [5.41, 5.74) is 2.38. The fraction of sp³-hybridized carbons (Fsp3) is 0.316. The Kier molecular flexibility index (Phi) is 5.31. The molecule has 3 heteroatoms. The minimum absolute atomic E-state index is 0.0887. The summed E-state index contributed by atoms with van der Waals surface area (Å²) < 4.78 is 13.4. The van der Waals surface area contributed by atoms with E-state index in [0.717, 1.165) is 17.5 Å². The third kappa shape index (κ3) is 3.73. The fourth-order valence-corrected chi connectivity index (χ4v) is 2.57. The van der Waals surface area contributed by atoms with Gasteiger partial charge < -0.3 is 5.32 Å². The Morgan fingerprint density at radius 3 is 2.50 bits per heavy atom. The van der Waals surface area contributed by atoms with Gasteiger partial charge in [0.1, 0.15) is 5.82 Å². The molecule has 2 rings (SSSR count). The highest BCUT2D eigenvalue weighted by Crippen LogP contribution is 2.29. The molecule has 0 aliphatic rings. The lowest BCUT2D eigenvalue weighted by molar-refractivity contribution is -0.118. The van der Waals surface area contributed by atoms with E-state index in [1.54, 1.807) is 6.07 Å². The van der Waals surface area contributed by atoms with Gasteiger partial charge in [-0.3, -0.25) is 4.79 Å². The second-order valence-corrected chi connectivity index (χ2v) is 5.72. The first-order chi connectivity index (χ1) is 10.5. The van der Waals surface area contributed by atoms with Crippen molar-refractivity contribution in [2.24, 2.45) is 5.92 Å². The number of carbonyl (C=O) groups is 1. The van der Waals surface area contributed by atoms with Crippen LogP contribution in [0, 0.1) is 18.7 Å². The van der Waals surface area contributed by atoms with Gasteiger partial charge in [0.2, 0.25) is 5.91 Å². The van der Waals surface area contributed by atoms with E-state index in [1.165, 1.54) is 12.1 Å². The Morgan fingerprint density at radius 1 is 1.18 bits per heavy atom. The van der Waals surface area contributed by atoms with Crippen LogP contribution in [0.3, 0.4) is 0 Å². The average molecular weight is 299 g/mol. The Morgan fingerprint density at radius 2 is 1.86 bits per heavy atom. The summed E-state index contributed by atoms with van der Waals surface area (Å²) in [6.45, 7) is 5.99. The quantitative estimate of drug-likeness (QED) is 0.835. The van der Waals surface area contributed by atoms with Crippen LogP contribution in [0.1, 0.15) is 37.3 Å². The van der Waals surface area contributed by atoms with Crippen molar-refractivity contribution < 1.29 is 9.18 Å². The Hall–Kier alpha value is -2.16. The summed E-state index contributed by atoms with van der Waals surface area (Å²) in [4.78, 5) is 12.7. The molecule has 0 aromatic heterocycles.